The van der Waals surface area contributed by atoms with E-state index in [9.17, 15) is 13.2 Å². The van der Waals surface area contributed by atoms with E-state index in [-0.39, 0.29) is 4.90 Å². The molecule has 1 N–H and O–H groups in total. The Morgan fingerprint density at radius 1 is 1.04 bits per heavy atom. The summed E-state index contributed by atoms with van der Waals surface area (Å²) in [5.41, 5.74) is 3.85. The lowest BCUT2D eigenvalue weighted by atomic mass is 9.92. The highest BCUT2D eigenvalue weighted by atomic mass is 32.2. The number of carbonyl (C=O) groups is 1. The number of benzene rings is 2. The highest BCUT2D eigenvalue weighted by Gasteiger charge is 2.19. The number of anilines is 1. The molecule has 1 aliphatic rings. The standard InChI is InChI=1S/C19H21NO4S/c1-13-11-16(19(21)24-2)8-10-18(13)20-25(22,23)17-9-7-14-5-3-4-6-15(14)12-17/h7-12,20H,3-6H2,1-2H3. The van der Waals surface area contributed by atoms with Crippen LogP contribution >= 0.6 is 0 Å². The molecule has 0 atom stereocenters. The van der Waals surface area contributed by atoms with Gasteiger partial charge in [0.05, 0.1) is 23.3 Å². The zero-order chi connectivity index (χ0) is 18.0. The first-order valence-electron chi connectivity index (χ1n) is 8.24. The van der Waals surface area contributed by atoms with Gasteiger partial charge in [-0.3, -0.25) is 4.72 Å². The Bertz CT molecular complexity index is 919. The summed E-state index contributed by atoms with van der Waals surface area (Å²) in [6, 6.07) is 10.1. The molecular formula is C19H21NO4S. The van der Waals surface area contributed by atoms with Crippen molar-refractivity contribution in [2.45, 2.75) is 37.5 Å². The van der Waals surface area contributed by atoms with Crippen molar-refractivity contribution < 1.29 is 17.9 Å². The second kappa shape index (κ2) is 6.88. The number of hydrogen-bond acceptors (Lipinski definition) is 4. The number of aryl methyl sites for hydroxylation is 3. The summed E-state index contributed by atoms with van der Waals surface area (Å²) >= 11 is 0. The van der Waals surface area contributed by atoms with Crippen LogP contribution in [0.2, 0.25) is 0 Å². The quantitative estimate of drug-likeness (QED) is 0.849. The molecule has 0 unspecified atom stereocenters. The molecule has 0 fully saturated rings. The Hall–Kier alpha value is -2.34. The Morgan fingerprint density at radius 2 is 1.76 bits per heavy atom. The van der Waals surface area contributed by atoms with Crippen molar-refractivity contribution >= 4 is 21.7 Å². The maximum Gasteiger partial charge on any atom is 0.337 e. The first-order valence-corrected chi connectivity index (χ1v) is 9.72. The minimum atomic E-state index is -3.67. The van der Waals surface area contributed by atoms with Gasteiger partial charge >= 0.3 is 5.97 Å². The topological polar surface area (TPSA) is 72.5 Å². The van der Waals surface area contributed by atoms with Gasteiger partial charge in [0.15, 0.2) is 0 Å². The summed E-state index contributed by atoms with van der Waals surface area (Å²) < 4.78 is 32.7. The summed E-state index contributed by atoms with van der Waals surface area (Å²) in [6.07, 6.45) is 4.18. The van der Waals surface area contributed by atoms with Crippen LogP contribution in [0.4, 0.5) is 5.69 Å². The fourth-order valence-corrected chi connectivity index (χ4v) is 4.28. The van der Waals surface area contributed by atoms with E-state index >= 15 is 0 Å². The molecule has 25 heavy (non-hydrogen) atoms. The van der Waals surface area contributed by atoms with Gasteiger partial charge in [-0.05, 0) is 79.6 Å². The maximum atomic E-state index is 12.7. The number of esters is 1. The van der Waals surface area contributed by atoms with Crippen molar-refractivity contribution in [1.82, 2.24) is 0 Å². The Labute approximate surface area is 148 Å². The van der Waals surface area contributed by atoms with Crippen LogP contribution in [0.25, 0.3) is 0 Å². The summed E-state index contributed by atoms with van der Waals surface area (Å²) in [5.74, 6) is -0.452. The number of nitrogens with one attached hydrogen (secondary N) is 1. The third-order valence-electron chi connectivity index (χ3n) is 4.52. The van der Waals surface area contributed by atoms with Crippen molar-refractivity contribution in [3.63, 3.8) is 0 Å². The SMILES string of the molecule is COC(=O)c1ccc(NS(=O)(=O)c2ccc3c(c2)CCCC3)c(C)c1. The normalized spacial score (nSPS) is 13.8. The van der Waals surface area contributed by atoms with Crippen LogP contribution < -0.4 is 4.72 Å². The third-order valence-corrected chi connectivity index (χ3v) is 5.89. The zero-order valence-corrected chi connectivity index (χ0v) is 15.2. The van der Waals surface area contributed by atoms with E-state index in [1.54, 1.807) is 37.3 Å². The number of ether oxygens (including phenoxy) is 1. The zero-order valence-electron chi connectivity index (χ0n) is 14.3. The lowest BCUT2D eigenvalue weighted by Gasteiger charge is -2.17. The van der Waals surface area contributed by atoms with Crippen molar-refractivity contribution in [2.75, 3.05) is 11.8 Å². The highest BCUT2D eigenvalue weighted by Crippen LogP contribution is 2.26. The fourth-order valence-electron chi connectivity index (χ4n) is 3.10. The lowest BCUT2D eigenvalue weighted by Crippen LogP contribution is -2.15. The molecule has 0 bridgehead atoms. The summed E-state index contributed by atoms with van der Waals surface area (Å²) in [7, 11) is -2.36. The number of hydrogen-bond donors (Lipinski definition) is 1. The van der Waals surface area contributed by atoms with Gasteiger partial charge in [0.25, 0.3) is 10.0 Å². The third kappa shape index (κ3) is 3.69. The average Bonchev–Trinajstić information content (AvgIpc) is 2.62. The van der Waals surface area contributed by atoms with E-state index < -0.39 is 16.0 Å². The van der Waals surface area contributed by atoms with E-state index in [1.165, 1.54) is 12.7 Å². The van der Waals surface area contributed by atoms with Gasteiger partial charge < -0.3 is 4.74 Å². The van der Waals surface area contributed by atoms with Gasteiger partial charge in [0, 0.05) is 0 Å². The van der Waals surface area contributed by atoms with E-state index in [1.807, 2.05) is 6.07 Å². The van der Waals surface area contributed by atoms with Crippen LogP contribution in [-0.2, 0) is 27.6 Å². The van der Waals surface area contributed by atoms with Crippen LogP contribution in [-0.4, -0.2) is 21.5 Å². The predicted octanol–water partition coefficient (Wildman–Crippen LogP) is 3.46. The molecule has 6 heteroatoms. The number of carbonyl (C=O) groups excluding carboxylic acids is 1. The van der Waals surface area contributed by atoms with Crippen molar-refractivity contribution in [2.24, 2.45) is 0 Å². The van der Waals surface area contributed by atoms with Crippen LogP contribution in [0.15, 0.2) is 41.3 Å². The Balaban J connectivity index is 1.88. The number of sulfonamides is 1. The summed E-state index contributed by atoms with van der Waals surface area (Å²) in [4.78, 5) is 11.8. The monoisotopic (exact) mass is 359 g/mol. The van der Waals surface area contributed by atoms with Gasteiger partial charge in [-0.1, -0.05) is 6.07 Å². The molecule has 3 rings (SSSR count). The Morgan fingerprint density at radius 3 is 2.44 bits per heavy atom. The summed E-state index contributed by atoms with van der Waals surface area (Å²) in [5, 5.41) is 0. The first-order chi connectivity index (χ1) is 11.9. The van der Waals surface area contributed by atoms with Gasteiger partial charge in [0.1, 0.15) is 0 Å². The van der Waals surface area contributed by atoms with Crippen LogP contribution in [0, 0.1) is 6.92 Å². The smallest absolute Gasteiger partial charge is 0.337 e. The van der Waals surface area contributed by atoms with Gasteiger partial charge in [-0.25, -0.2) is 13.2 Å². The van der Waals surface area contributed by atoms with E-state index in [2.05, 4.69) is 9.46 Å². The Kier molecular flexibility index (Phi) is 4.81. The number of methoxy groups -OCH3 is 1. The van der Waals surface area contributed by atoms with Crippen LogP contribution in [0.1, 0.15) is 39.9 Å². The molecule has 0 saturated carbocycles. The van der Waals surface area contributed by atoms with Crippen LogP contribution in [0.5, 0.6) is 0 Å². The molecule has 5 nitrogen and oxygen atoms in total. The fraction of sp³-hybridized carbons (Fsp3) is 0.316. The van der Waals surface area contributed by atoms with Crippen LogP contribution in [0.3, 0.4) is 0 Å². The molecular weight excluding hydrogens is 338 g/mol. The largest absolute Gasteiger partial charge is 0.465 e. The van der Waals surface area contributed by atoms with Gasteiger partial charge in [-0.2, -0.15) is 0 Å². The van der Waals surface area contributed by atoms with E-state index in [0.29, 0.717) is 16.8 Å². The second-order valence-corrected chi connectivity index (χ2v) is 7.95. The molecule has 2 aromatic rings. The molecule has 132 valence electrons. The van der Waals surface area contributed by atoms with Crippen molar-refractivity contribution in [3.8, 4) is 0 Å². The van der Waals surface area contributed by atoms with Crippen molar-refractivity contribution in [1.29, 1.82) is 0 Å². The molecule has 0 heterocycles. The molecule has 0 amide bonds. The van der Waals surface area contributed by atoms with E-state index in [4.69, 9.17) is 0 Å². The molecule has 0 spiro atoms. The first kappa shape index (κ1) is 17.5. The maximum absolute atomic E-state index is 12.7. The molecule has 0 aromatic heterocycles. The molecule has 2 aromatic carbocycles. The minimum Gasteiger partial charge on any atom is -0.465 e. The lowest BCUT2D eigenvalue weighted by molar-refractivity contribution is 0.0600. The van der Waals surface area contributed by atoms with E-state index in [0.717, 1.165) is 31.2 Å². The van der Waals surface area contributed by atoms with Crippen molar-refractivity contribution in [3.05, 3.63) is 58.7 Å². The second-order valence-electron chi connectivity index (χ2n) is 6.26. The highest BCUT2D eigenvalue weighted by molar-refractivity contribution is 7.92. The molecule has 1 aliphatic carbocycles. The summed E-state index contributed by atoms with van der Waals surface area (Å²) in [6.45, 7) is 1.75. The predicted molar refractivity (Wildman–Crippen MR) is 96.4 cm³/mol. The minimum absolute atomic E-state index is 0.268. The number of rotatable bonds is 4. The average molecular weight is 359 g/mol. The van der Waals surface area contributed by atoms with Gasteiger partial charge in [0.2, 0.25) is 0 Å². The molecule has 0 aliphatic heterocycles. The van der Waals surface area contributed by atoms with Gasteiger partial charge in [-0.15, -0.1) is 0 Å². The number of fused-ring (bicyclic) bond motifs is 1. The molecule has 0 radical (unpaired) electrons. The molecule has 0 saturated heterocycles.